The van der Waals surface area contributed by atoms with Gasteiger partial charge in [-0.1, -0.05) is 30.3 Å². The van der Waals surface area contributed by atoms with Gasteiger partial charge in [-0.15, -0.1) is 0 Å². The van der Waals surface area contributed by atoms with Gasteiger partial charge in [0, 0.05) is 5.69 Å². The molecule has 3 rings (SSSR count). The fourth-order valence-corrected chi connectivity index (χ4v) is 2.48. The highest BCUT2D eigenvalue weighted by atomic mass is 16.5. The Kier molecular flexibility index (Phi) is 6.41. The first kappa shape index (κ1) is 19.2. The van der Waals surface area contributed by atoms with Gasteiger partial charge in [-0.05, 0) is 49.2 Å². The zero-order valence-corrected chi connectivity index (χ0v) is 15.8. The Hall–Kier alpha value is -3.61. The van der Waals surface area contributed by atoms with Gasteiger partial charge < -0.3 is 9.47 Å². The molecule has 2 N–H and O–H groups in total. The van der Waals surface area contributed by atoms with E-state index >= 15 is 0 Å². The molecule has 7 heteroatoms. The largest absolute Gasteiger partial charge is 0.490 e. The van der Waals surface area contributed by atoms with Crippen LogP contribution in [0.2, 0.25) is 0 Å². The molecule has 0 saturated carbocycles. The summed E-state index contributed by atoms with van der Waals surface area (Å²) in [7, 11) is 0. The van der Waals surface area contributed by atoms with Gasteiger partial charge in [0.05, 0.1) is 12.8 Å². The van der Waals surface area contributed by atoms with Crippen LogP contribution < -0.4 is 14.9 Å². The number of nitrogens with one attached hydrogen (secondary N) is 2. The molecule has 3 aromatic rings. The van der Waals surface area contributed by atoms with Crippen LogP contribution in [0, 0.1) is 6.92 Å². The van der Waals surface area contributed by atoms with Gasteiger partial charge in [0.25, 0.3) is 5.91 Å². The summed E-state index contributed by atoms with van der Waals surface area (Å²) in [6.45, 7) is 4.70. The molecule has 0 saturated heterocycles. The summed E-state index contributed by atoms with van der Waals surface area (Å²) in [5.41, 5.74) is 5.39. The number of carbonyl (C=O) groups excluding carboxylic acids is 1. The molecule has 1 heterocycles. The smallest absolute Gasteiger partial charge is 0.291 e. The minimum atomic E-state index is -0.381. The summed E-state index contributed by atoms with van der Waals surface area (Å²) < 4.78 is 11.6. The van der Waals surface area contributed by atoms with E-state index in [9.17, 15) is 4.79 Å². The van der Waals surface area contributed by atoms with E-state index in [1.807, 2.05) is 62.4 Å². The minimum Gasteiger partial charge on any atom is -0.490 e. The molecule has 0 fully saturated rings. The molecule has 0 unspecified atom stereocenters. The maximum atomic E-state index is 11.9. The maximum absolute atomic E-state index is 11.9. The number of hydrogen-bond acceptors (Lipinski definition) is 5. The number of hydrogen-bond donors (Lipinski definition) is 2. The summed E-state index contributed by atoms with van der Waals surface area (Å²) in [5, 5.41) is 10.6. The lowest BCUT2D eigenvalue weighted by atomic mass is 10.2. The molecule has 28 heavy (non-hydrogen) atoms. The van der Waals surface area contributed by atoms with Crippen LogP contribution in [0.15, 0.2) is 59.7 Å². The van der Waals surface area contributed by atoms with Gasteiger partial charge >= 0.3 is 0 Å². The predicted molar refractivity (Wildman–Crippen MR) is 107 cm³/mol. The first-order valence-electron chi connectivity index (χ1n) is 8.94. The second kappa shape index (κ2) is 9.36. The third-order valence-corrected chi connectivity index (χ3v) is 3.82. The molecule has 1 aromatic heterocycles. The fourth-order valence-electron chi connectivity index (χ4n) is 2.48. The molecule has 1 amide bonds. The first-order chi connectivity index (χ1) is 13.7. The lowest BCUT2D eigenvalue weighted by Gasteiger charge is -2.12. The van der Waals surface area contributed by atoms with Crippen LogP contribution in [0.3, 0.4) is 0 Å². The van der Waals surface area contributed by atoms with E-state index in [0.717, 1.165) is 16.8 Å². The van der Waals surface area contributed by atoms with E-state index in [1.54, 1.807) is 12.3 Å². The van der Waals surface area contributed by atoms with Crippen LogP contribution in [0.4, 0.5) is 0 Å². The Balaban J connectivity index is 1.65. The molecule has 0 radical (unpaired) electrons. The zero-order valence-electron chi connectivity index (χ0n) is 15.8. The van der Waals surface area contributed by atoms with Crippen LogP contribution in [0.25, 0.3) is 0 Å². The number of ether oxygens (including phenoxy) is 2. The molecule has 0 aliphatic carbocycles. The molecular weight excluding hydrogens is 356 g/mol. The molecule has 144 valence electrons. The van der Waals surface area contributed by atoms with Gasteiger partial charge in [-0.25, -0.2) is 5.43 Å². The molecule has 0 bridgehead atoms. The second-order valence-corrected chi connectivity index (χ2v) is 6.05. The predicted octanol–water partition coefficient (Wildman–Crippen LogP) is 3.46. The zero-order chi connectivity index (χ0) is 19.8. The van der Waals surface area contributed by atoms with E-state index < -0.39 is 0 Å². The van der Waals surface area contributed by atoms with Crippen molar-refractivity contribution in [1.82, 2.24) is 15.6 Å². The Bertz CT molecular complexity index is 951. The topological polar surface area (TPSA) is 88.6 Å². The van der Waals surface area contributed by atoms with Crippen molar-refractivity contribution in [2.45, 2.75) is 20.5 Å². The Labute approximate surface area is 163 Å². The molecule has 7 nitrogen and oxygen atoms in total. The van der Waals surface area contributed by atoms with E-state index in [2.05, 4.69) is 20.7 Å². The quantitative estimate of drug-likeness (QED) is 0.464. The van der Waals surface area contributed by atoms with E-state index in [1.165, 1.54) is 0 Å². The number of benzene rings is 2. The van der Waals surface area contributed by atoms with Crippen molar-refractivity contribution in [3.63, 3.8) is 0 Å². The number of rotatable bonds is 8. The Morgan fingerprint density at radius 3 is 2.68 bits per heavy atom. The number of amides is 1. The highest BCUT2D eigenvalue weighted by Gasteiger charge is 2.08. The average Bonchev–Trinajstić information content (AvgIpc) is 3.15. The molecule has 0 aliphatic heterocycles. The van der Waals surface area contributed by atoms with E-state index in [-0.39, 0.29) is 11.6 Å². The second-order valence-electron chi connectivity index (χ2n) is 6.05. The highest BCUT2D eigenvalue weighted by molar-refractivity contribution is 5.93. The average molecular weight is 378 g/mol. The van der Waals surface area contributed by atoms with Crippen molar-refractivity contribution < 1.29 is 14.3 Å². The van der Waals surface area contributed by atoms with Gasteiger partial charge in [-0.2, -0.15) is 10.2 Å². The van der Waals surface area contributed by atoms with E-state index in [0.29, 0.717) is 24.7 Å². The molecule has 0 atom stereocenters. The summed E-state index contributed by atoms with van der Waals surface area (Å²) in [4.78, 5) is 11.9. The van der Waals surface area contributed by atoms with Crippen LogP contribution in [-0.4, -0.2) is 28.9 Å². The van der Waals surface area contributed by atoms with Gasteiger partial charge in [0.2, 0.25) is 0 Å². The molecule has 2 aromatic carbocycles. The summed E-state index contributed by atoms with van der Waals surface area (Å²) in [5.74, 6) is 0.893. The van der Waals surface area contributed by atoms with Crippen molar-refractivity contribution in [3.8, 4) is 11.5 Å². The van der Waals surface area contributed by atoms with Crippen LogP contribution in [0.1, 0.15) is 34.2 Å². The normalized spacial score (nSPS) is 10.8. The summed E-state index contributed by atoms with van der Waals surface area (Å²) >= 11 is 0. The van der Waals surface area contributed by atoms with Crippen molar-refractivity contribution >= 4 is 12.1 Å². The number of aromatic amines is 1. The Morgan fingerprint density at radius 1 is 1.14 bits per heavy atom. The summed E-state index contributed by atoms with van der Waals surface area (Å²) in [6.07, 6.45) is 1.54. The number of hydrazone groups is 1. The number of aromatic nitrogens is 2. The first-order valence-corrected chi connectivity index (χ1v) is 8.94. The number of nitrogens with zero attached hydrogens (tertiary/aromatic N) is 2. The van der Waals surface area contributed by atoms with Crippen molar-refractivity contribution in [3.05, 3.63) is 77.1 Å². The van der Waals surface area contributed by atoms with Crippen LogP contribution in [0.5, 0.6) is 11.5 Å². The minimum absolute atomic E-state index is 0.286. The van der Waals surface area contributed by atoms with Gasteiger partial charge in [0.15, 0.2) is 17.2 Å². The van der Waals surface area contributed by atoms with Crippen LogP contribution in [-0.2, 0) is 6.61 Å². The molecule has 0 aliphatic rings. The van der Waals surface area contributed by atoms with Gasteiger partial charge in [-0.3, -0.25) is 9.89 Å². The maximum Gasteiger partial charge on any atom is 0.291 e. The molecule has 0 spiro atoms. The van der Waals surface area contributed by atoms with Gasteiger partial charge in [0.1, 0.15) is 6.61 Å². The highest BCUT2D eigenvalue weighted by Crippen LogP contribution is 2.28. The monoisotopic (exact) mass is 378 g/mol. The van der Waals surface area contributed by atoms with Crippen LogP contribution >= 0.6 is 0 Å². The van der Waals surface area contributed by atoms with Crippen molar-refractivity contribution in [2.75, 3.05) is 6.61 Å². The lowest BCUT2D eigenvalue weighted by molar-refractivity contribution is 0.0950. The Morgan fingerprint density at radius 2 is 1.96 bits per heavy atom. The molecular formula is C21H22N4O3. The van der Waals surface area contributed by atoms with Crippen molar-refractivity contribution in [1.29, 1.82) is 0 Å². The lowest BCUT2D eigenvalue weighted by Crippen LogP contribution is -2.18. The van der Waals surface area contributed by atoms with Crippen molar-refractivity contribution in [2.24, 2.45) is 5.10 Å². The number of H-pyrrole nitrogens is 1. The number of carbonyl (C=O) groups is 1. The third-order valence-electron chi connectivity index (χ3n) is 3.82. The number of aryl methyl sites for hydroxylation is 1. The third kappa shape index (κ3) is 5.20. The standard InChI is InChI=1S/C21H22N4O3/c1-3-27-20-12-17(13-22-25-21(26)18-11-15(2)23-24-18)9-10-19(20)28-14-16-7-5-4-6-8-16/h4-13H,3,14H2,1-2H3,(H,23,24)(H,25,26)/b22-13-. The summed E-state index contributed by atoms with van der Waals surface area (Å²) in [6, 6.07) is 17.1. The SMILES string of the molecule is CCOc1cc(/C=N\NC(=O)c2cc(C)[nH]n2)ccc1OCc1ccccc1. The fraction of sp³-hybridized carbons (Fsp3) is 0.190. The van der Waals surface area contributed by atoms with E-state index in [4.69, 9.17) is 9.47 Å².